The number of sulfonamides is 1. The van der Waals surface area contributed by atoms with Gasteiger partial charge in [0, 0.05) is 0 Å². The van der Waals surface area contributed by atoms with E-state index in [-0.39, 0.29) is 11.4 Å². The van der Waals surface area contributed by atoms with Crippen molar-refractivity contribution in [3.8, 4) is 0 Å². The van der Waals surface area contributed by atoms with Crippen LogP contribution in [0.2, 0.25) is 0 Å². The van der Waals surface area contributed by atoms with Crippen molar-refractivity contribution >= 4 is 21.7 Å². The average Bonchev–Trinajstić information content (AvgIpc) is 2.91. The van der Waals surface area contributed by atoms with E-state index in [1.165, 1.54) is 4.31 Å². The molecule has 0 bridgehead atoms. The molecule has 3 aromatic rings. The Morgan fingerprint density at radius 1 is 0.838 bits per heavy atom. The molecule has 0 unspecified atom stereocenters. The molecule has 196 valence electrons. The number of esters is 1. The summed E-state index contributed by atoms with van der Waals surface area (Å²) in [6, 6.07) is 23.5. The molecule has 0 aromatic heterocycles. The molecule has 0 aliphatic rings. The first kappa shape index (κ1) is 28.2. The van der Waals surface area contributed by atoms with Crippen LogP contribution in [0.25, 0.3) is 5.70 Å². The molecule has 37 heavy (non-hydrogen) atoms. The Labute approximate surface area is 221 Å². The van der Waals surface area contributed by atoms with E-state index in [1.807, 2.05) is 55.5 Å². The van der Waals surface area contributed by atoms with E-state index < -0.39 is 16.0 Å². The van der Waals surface area contributed by atoms with Crippen LogP contribution in [-0.4, -0.2) is 25.3 Å². The van der Waals surface area contributed by atoms with Crippen molar-refractivity contribution in [3.05, 3.63) is 107 Å². The predicted molar refractivity (Wildman–Crippen MR) is 149 cm³/mol. The second-order valence-electron chi connectivity index (χ2n) is 9.05. The van der Waals surface area contributed by atoms with Gasteiger partial charge in [0.25, 0.3) is 10.0 Å². The molecule has 0 saturated heterocycles. The summed E-state index contributed by atoms with van der Waals surface area (Å²) < 4.78 is 34.7. The molecule has 5 nitrogen and oxygen atoms in total. The highest BCUT2D eigenvalue weighted by molar-refractivity contribution is 7.89. The van der Waals surface area contributed by atoms with Crippen molar-refractivity contribution in [3.63, 3.8) is 0 Å². The molecule has 6 heteroatoms. The van der Waals surface area contributed by atoms with E-state index in [1.54, 1.807) is 43.3 Å². The zero-order valence-corrected chi connectivity index (χ0v) is 22.8. The van der Waals surface area contributed by atoms with Gasteiger partial charge in [-0.05, 0) is 62.1 Å². The van der Waals surface area contributed by atoms with Gasteiger partial charge in [-0.1, -0.05) is 92.4 Å². The quantitative estimate of drug-likeness (QED) is 0.175. The smallest absolute Gasteiger partial charge is 0.338 e. The minimum absolute atomic E-state index is 0.192. The Morgan fingerprint density at radius 3 is 2.11 bits per heavy atom. The number of rotatable bonds is 13. The van der Waals surface area contributed by atoms with Gasteiger partial charge in [0.1, 0.15) is 0 Å². The minimum atomic E-state index is -3.87. The van der Waals surface area contributed by atoms with E-state index in [0.717, 1.165) is 48.8 Å². The Bertz CT molecular complexity index is 1270. The first-order valence-corrected chi connectivity index (χ1v) is 14.4. The zero-order chi connectivity index (χ0) is 26.7. The summed E-state index contributed by atoms with van der Waals surface area (Å²) in [6.07, 6.45) is 7.11. The maximum absolute atomic E-state index is 14.1. The molecule has 0 aliphatic heterocycles. The highest BCUT2D eigenvalue weighted by atomic mass is 32.2. The van der Waals surface area contributed by atoms with Crippen LogP contribution in [0.1, 0.15) is 73.0 Å². The number of hydrogen-bond acceptors (Lipinski definition) is 4. The van der Waals surface area contributed by atoms with Crippen LogP contribution in [0.3, 0.4) is 0 Å². The Morgan fingerprint density at radius 2 is 1.49 bits per heavy atom. The lowest BCUT2D eigenvalue weighted by Gasteiger charge is -2.28. The number of hydrogen-bond donors (Lipinski definition) is 0. The lowest BCUT2D eigenvalue weighted by molar-refractivity contribution is 0.0526. The van der Waals surface area contributed by atoms with Gasteiger partial charge < -0.3 is 4.74 Å². The molecule has 0 spiro atoms. The summed E-state index contributed by atoms with van der Waals surface area (Å²) >= 11 is 0. The van der Waals surface area contributed by atoms with Gasteiger partial charge in [0.2, 0.25) is 0 Å². The number of nitrogens with zero attached hydrogens (tertiary/aromatic N) is 1. The number of allylic oxidation sites excluding steroid dienone is 1. The zero-order valence-electron chi connectivity index (χ0n) is 22.0. The van der Waals surface area contributed by atoms with Crippen LogP contribution in [0, 0.1) is 6.92 Å². The number of unbranched alkanes of at least 4 members (excludes halogenated alkanes) is 4. The average molecular weight is 520 g/mol. The second-order valence-corrected chi connectivity index (χ2v) is 10.9. The summed E-state index contributed by atoms with van der Waals surface area (Å²) in [7, 11) is -3.87. The third-order valence-electron chi connectivity index (χ3n) is 6.13. The van der Waals surface area contributed by atoms with Gasteiger partial charge in [-0.3, -0.25) is 4.31 Å². The highest BCUT2D eigenvalue weighted by Gasteiger charge is 2.28. The fraction of sp³-hybridized carbons (Fsp3) is 0.323. The van der Waals surface area contributed by atoms with E-state index in [9.17, 15) is 13.2 Å². The van der Waals surface area contributed by atoms with Crippen molar-refractivity contribution in [1.29, 1.82) is 0 Å². The predicted octanol–water partition coefficient (Wildman–Crippen LogP) is 7.37. The fourth-order valence-electron chi connectivity index (χ4n) is 4.05. The van der Waals surface area contributed by atoms with Gasteiger partial charge in [-0.2, -0.15) is 0 Å². The summed E-state index contributed by atoms with van der Waals surface area (Å²) in [5.41, 5.74) is 3.66. The van der Waals surface area contributed by atoms with E-state index in [4.69, 9.17) is 4.74 Å². The van der Waals surface area contributed by atoms with Gasteiger partial charge in [-0.15, -0.1) is 0 Å². The summed E-state index contributed by atoms with van der Waals surface area (Å²) in [4.78, 5) is 12.4. The van der Waals surface area contributed by atoms with E-state index >= 15 is 0 Å². The largest absolute Gasteiger partial charge is 0.462 e. The van der Waals surface area contributed by atoms with Crippen molar-refractivity contribution in [1.82, 2.24) is 4.31 Å². The molecule has 3 rings (SSSR count). The second kappa shape index (κ2) is 13.8. The SMILES string of the molecule is CCCCCC/C=C(/c1ccc(C(=O)OCC)cc1)N(Cc1ccccc1)S(=O)(=O)c1ccc(C)cc1. The van der Waals surface area contributed by atoms with E-state index in [2.05, 4.69) is 6.92 Å². The molecular weight excluding hydrogens is 482 g/mol. The molecule has 0 aliphatic carbocycles. The Balaban J connectivity index is 2.09. The third kappa shape index (κ3) is 7.80. The lowest BCUT2D eigenvalue weighted by atomic mass is 10.1. The standard InChI is InChI=1S/C31H37NO4S/c1-4-6-7-8-12-15-30(27-18-20-28(21-19-27)31(33)36-5-2)32(24-26-13-10-9-11-14-26)37(34,35)29-22-16-25(3)17-23-29/h9-11,13-23H,4-8,12,24H2,1-3H3/b30-15-. The first-order chi connectivity index (χ1) is 17.9. The van der Waals surface area contributed by atoms with Crippen LogP contribution in [0.5, 0.6) is 0 Å². The van der Waals surface area contributed by atoms with Crippen molar-refractivity contribution in [2.75, 3.05) is 6.61 Å². The van der Waals surface area contributed by atoms with Crippen molar-refractivity contribution in [2.45, 2.75) is 64.3 Å². The van der Waals surface area contributed by atoms with Gasteiger partial charge >= 0.3 is 5.97 Å². The lowest BCUT2D eigenvalue weighted by Crippen LogP contribution is -2.29. The number of benzene rings is 3. The van der Waals surface area contributed by atoms with Crippen LogP contribution >= 0.6 is 0 Å². The summed E-state index contributed by atoms with van der Waals surface area (Å²) in [6.45, 7) is 6.36. The number of aryl methyl sites for hydroxylation is 1. The fourth-order valence-corrected chi connectivity index (χ4v) is 5.54. The summed E-state index contributed by atoms with van der Waals surface area (Å²) in [5, 5.41) is 0. The molecule has 0 fully saturated rings. The third-order valence-corrected chi connectivity index (χ3v) is 7.91. The molecule has 0 saturated carbocycles. The van der Waals surface area contributed by atoms with Crippen LogP contribution in [0.15, 0.2) is 89.8 Å². The Kier molecular flexibility index (Phi) is 10.5. The van der Waals surface area contributed by atoms with Gasteiger partial charge in [0.05, 0.1) is 29.3 Å². The summed E-state index contributed by atoms with van der Waals surface area (Å²) in [5.74, 6) is -0.396. The monoisotopic (exact) mass is 519 g/mol. The molecule has 0 atom stereocenters. The number of ether oxygens (including phenoxy) is 1. The van der Waals surface area contributed by atoms with E-state index in [0.29, 0.717) is 17.9 Å². The molecular formula is C31H37NO4S. The molecule has 0 heterocycles. The minimum Gasteiger partial charge on any atom is -0.462 e. The maximum atomic E-state index is 14.1. The number of carbonyl (C=O) groups is 1. The van der Waals surface area contributed by atoms with Gasteiger partial charge in [0.15, 0.2) is 0 Å². The Hall–Kier alpha value is -3.38. The van der Waals surface area contributed by atoms with Crippen molar-refractivity contribution < 1.29 is 17.9 Å². The topological polar surface area (TPSA) is 63.7 Å². The van der Waals surface area contributed by atoms with Gasteiger partial charge in [-0.25, -0.2) is 13.2 Å². The highest BCUT2D eigenvalue weighted by Crippen LogP contribution is 2.30. The molecule has 3 aromatic carbocycles. The van der Waals surface area contributed by atoms with Crippen LogP contribution in [0.4, 0.5) is 0 Å². The molecule has 0 N–H and O–H groups in total. The normalized spacial score (nSPS) is 11.8. The maximum Gasteiger partial charge on any atom is 0.338 e. The van der Waals surface area contributed by atoms with Crippen LogP contribution in [-0.2, 0) is 21.3 Å². The molecule has 0 amide bonds. The molecule has 0 radical (unpaired) electrons. The van der Waals surface area contributed by atoms with Crippen molar-refractivity contribution in [2.24, 2.45) is 0 Å². The number of carbonyl (C=O) groups excluding carboxylic acids is 1. The first-order valence-electron chi connectivity index (χ1n) is 13.0. The van der Waals surface area contributed by atoms with Crippen LogP contribution < -0.4 is 0 Å².